The molecule has 2 aromatic rings. The summed E-state index contributed by atoms with van der Waals surface area (Å²) in [6, 6.07) is 6.92. The minimum absolute atomic E-state index is 0.0179. The van der Waals surface area contributed by atoms with Crippen molar-refractivity contribution >= 4 is 5.97 Å². The van der Waals surface area contributed by atoms with E-state index in [0.717, 1.165) is 0 Å². The monoisotopic (exact) mass is 288 g/mol. The van der Waals surface area contributed by atoms with Crippen molar-refractivity contribution in [2.45, 2.75) is 20.8 Å². The number of carbonyl (C=O) groups is 1. The lowest BCUT2D eigenvalue weighted by molar-refractivity contribution is 0.0692. The molecule has 0 saturated heterocycles. The van der Waals surface area contributed by atoms with Gasteiger partial charge in [-0.2, -0.15) is 5.10 Å². The highest BCUT2D eigenvalue weighted by Gasteiger charge is 2.19. The summed E-state index contributed by atoms with van der Waals surface area (Å²) in [7, 11) is 0. The van der Waals surface area contributed by atoms with Crippen LogP contribution in [0.25, 0.3) is 0 Å². The second-order valence-corrected chi connectivity index (χ2v) is 4.41. The average Bonchev–Trinajstić information content (AvgIpc) is 2.43. The molecule has 0 atom stereocenters. The Kier molecular flexibility index (Phi) is 4.37. The van der Waals surface area contributed by atoms with Crippen LogP contribution in [0.5, 0.6) is 17.4 Å². The fraction of sp³-hybridized carbons (Fsp3) is 0.267. The fourth-order valence-electron chi connectivity index (χ4n) is 1.82. The first-order valence-corrected chi connectivity index (χ1v) is 6.50. The standard InChI is InChI=1S/C15H16N2O4/c1-4-20-11-6-5-7-12(8-11)21-14-13(15(18)19)9(2)10(3)16-17-14/h5-8H,4H2,1-3H3,(H,18,19). The molecule has 1 N–H and O–H groups in total. The van der Waals surface area contributed by atoms with E-state index < -0.39 is 5.97 Å². The van der Waals surface area contributed by atoms with Gasteiger partial charge in [-0.15, -0.1) is 5.10 Å². The molecular formula is C15H16N2O4. The Morgan fingerprint density at radius 1 is 1.24 bits per heavy atom. The van der Waals surface area contributed by atoms with Crippen molar-refractivity contribution < 1.29 is 19.4 Å². The highest BCUT2D eigenvalue weighted by molar-refractivity contribution is 5.92. The molecule has 21 heavy (non-hydrogen) atoms. The predicted molar refractivity (Wildman–Crippen MR) is 76.2 cm³/mol. The Balaban J connectivity index is 2.37. The zero-order valence-electron chi connectivity index (χ0n) is 12.1. The molecule has 1 heterocycles. The zero-order valence-corrected chi connectivity index (χ0v) is 12.1. The van der Waals surface area contributed by atoms with E-state index in [1.807, 2.05) is 6.92 Å². The summed E-state index contributed by atoms with van der Waals surface area (Å²) in [5.41, 5.74) is 1.11. The first-order valence-electron chi connectivity index (χ1n) is 6.50. The predicted octanol–water partition coefficient (Wildman–Crippen LogP) is 2.98. The number of aromatic carboxylic acids is 1. The molecule has 110 valence electrons. The van der Waals surface area contributed by atoms with E-state index in [1.54, 1.807) is 38.1 Å². The number of nitrogens with zero attached hydrogens (tertiary/aromatic N) is 2. The van der Waals surface area contributed by atoms with Crippen molar-refractivity contribution in [2.75, 3.05) is 6.61 Å². The summed E-state index contributed by atoms with van der Waals surface area (Å²) in [6.07, 6.45) is 0. The number of rotatable bonds is 5. The Bertz CT molecular complexity index is 671. The molecule has 0 unspecified atom stereocenters. The number of ether oxygens (including phenoxy) is 2. The van der Waals surface area contributed by atoms with Gasteiger partial charge >= 0.3 is 5.97 Å². The van der Waals surface area contributed by atoms with Gasteiger partial charge < -0.3 is 14.6 Å². The molecule has 0 amide bonds. The topological polar surface area (TPSA) is 81.5 Å². The maximum absolute atomic E-state index is 11.4. The lowest BCUT2D eigenvalue weighted by atomic mass is 10.1. The van der Waals surface area contributed by atoms with Crippen molar-refractivity contribution in [1.82, 2.24) is 10.2 Å². The van der Waals surface area contributed by atoms with Crippen LogP contribution in [-0.2, 0) is 0 Å². The normalized spacial score (nSPS) is 10.2. The summed E-state index contributed by atoms with van der Waals surface area (Å²) in [5.74, 6) is -0.0367. The van der Waals surface area contributed by atoms with Gasteiger partial charge in [-0.25, -0.2) is 4.79 Å². The summed E-state index contributed by atoms with van der Waals surface area (Å²) in [5, 5.41) is 17.1. The largest absolute Gasteiger partial charge is 0.494 e. The van der Waals surface area contributed by atoms with Gasteiger partial charge in [0.05, 0.1) is 12.3 Å². The average molecular weight is 288 g/mol. The van der Waals surface area contributed by atoms with Gasteiger partial charge in [0.15, 0.2) is 0 Å². The molecular weight excluding hydrogens is 272 g/mol. The van der Waals surface area contributed by atoms with Crippen molar-refractivity contribution in [3.8, 4) is 17.4 Å². The summed E-state index contributed by atoms with van der Waals surface area (Å²) in [4.78, 5) is 11.4. The van der Waals surface area contributed by atoms with E-state index in [1.165, 1.54) is 0 Å². The minimum Gasteiger partial charge on any atom is -0.494 e. The lowest BCUT2D eigenvalue weighted by Crippen LogP contribution is -2.08. The molecule has 0 aliphatic heterocycles. The van der Waals surface area contributed by atoms with Gasteiger partial charge in [0.2, 0.25) is 0 Å². The smallest absolute Gasteiger partial charge is 0.341 e. The van der Waals surface area contributed by atoms with E-state index in [-0.39, 0.29) is 11.4 Å². The maximum atomic E-state index is 11.4. The molecule has 0 radical (unpaired) electrons. The van der Waals surface area contributed by atoms with Crippen molar-refractivity contribution in [3.05, 3.63) is 41.1 Å². The van der Waals surface area contributed by atoms with E-state index in [0.29, 0.717) is 29.4 Å². The van der Waals surface area contributed by atoms with Gasteiger partial charge in [0.25, 0.3) is 5.88 Å². The van der Waals surface area contributed by atoms with Crippen LogP contribution in [0.4, 0.5) is 0 Å². The Morgan fingerprint density at radius 2 is 1.95 bits per heavy atom. The van der Waals surface area contributed by atoms with E-state index in [4.69, 9.17) is 9.47 Å². The zero-order chi connectivity index (χ0) is 15.4. The third-order valence-corrected chi connectivity index (χ3v) is 2.97. The van der Waals surface area contributed by atoms with E-state index >= 15 is 0 Å². The first kappa shape index (κ1) is 14.8. The molecule has 6 heteroatoms. The highest BCUT2D eigenvalue weighted by atomic mass is 16.5. The molecule has 6 nitrogen and oxygen atoms in total. The van der Waals surface area contributed by atoms with Crippen molar-refractivity contribution in [3.63, 3.8) is 0 Å². The number of hydrogen-bond donors (Lipinski definition) is 1. The number of benzene rings is 1. The number of hydrogen-bond acceptors (Lipinski definition) is 5. The van der Waals surface area contributed by atoms with Crippen LogP contribution >= 0.6 is 0 Å². The van der Waals surface area contributed by atoms with Crippen LogP contribution in [0.1, 0.15) is 28.5 Å². The van der Waals surface area contributed by atoms with Crippen LogP contribution in [-0.4, -0.2) is 27.9 Å². The molecule has 0 spiro atoms. The van der Waals surface area contributed by atoms with Crippen LogP contribution in [0.2, 0.25) is 0 Å². The van der Waals surface area contributed by atoms with Crippen LogP contribution in [0.3, 0.4) is 0 Å². The second kappa shape index (κ2) is 6.21. The molecule has 1 aromatic carbocycles. The molecule has 1 aromatic heterocycles. The van der Waals surface area contributed by atoms with Crippen molar-refractivity contribution in [1.29, 1.82) is 0 Å². The highest BCUT2D eigenvalue weighted by Crippen LogP contribution is 2.28. The van der Waals surface area contributed by atoms with Crippen molar-refractivity contribution in [2.24, 2.45) is 0 Å². The minimum atomic E-state index is -1.10. The third kappa shape index (κ3) is 3.28. The van der Waals surface area contributed by atoms with Crippen LogP contribution in [0.15, 0.2) is 24.3 Å². The Labute approximate surface area is 122 Å². The molecule has 0 fully saturated rings. The Morgan fingerprint density at radius 3 is 2.62 bits per heavy atom. The van der Waals surface area contributed by atoms with Crippen LogP contribution in [0, 0.1) is 13.8 Å². The molecule has 2 rings (SSSR count). The quantitative estimate of drug-likeness (QED) is 0.910. The second-order valence-electron chi connectivity index (χ2n) is 4.41. The SMILES string of the molecule is CCOc1cccc(Oc2nnc(C)c(C)c2C(=O)O)c1. The van der Waals surface area contributed by atoms with Gasteiger partial charge in [-0.05, 0) is 38.5 Å². The van der Waals surface area contributed by atoms with Gasteiger partial charge in [-0.1, -0.05) is 6.07 Å². The Hall–Kier alpha value is -2.63. The van der Waals surface area contributed by atoms with E-state index in [9.17, 15) is 9.90 Å². The van der Waals surface area contributed by atoms with Gasteiger partial charge in [0.1, 0.15) is 17.1 Å². The number of carboxylic acid groups (broad SMARTS) is 1. The van der Waals surface area contributed by atoms with E-state index in [2.05, 4.69) is 10.2 Å². The number of aryl methyl sites for hydroxylation is 1. The summed E-state index contributed by atoms with van der Waals surface area (Å²) in [6.45, 7) is 5.79. The molecule has 0 aliphatic rings. The summed E-state index contributed by atoms with van der Waals surface area (Å²) >= 11 is 0. The number of aromatic nitrogens is 2. The van der Waals surface area contributed by atoms with Gasteiger partial charge in [0, 0.05) is 6.07 Å². The summed E-state index contributed by atoms with van der Waals surface area (Å²) < 4.78 is 10.9. The molecule has 0 bridgehead atoms. The fourth-order valence-corrected chi connectivity index (χ4v) is 1.82. The molecule has 0 saturated carbocycles. The maximum Gasteiger partial charge on any atom is 0.341 e. The van der Waals surface area contributed by atoms with Gasteiger partial charge in [-0.3, -0.25) is 0 Å². The van der Waals surface area contributed by atoms with Crippen LogP contribution < -0.4 is 9.47 Å². The third-order valence-electron chi connectivity index (χ3n) is 2.97. The molecule has 0 aliphatic carbocycles. The lowest BCUT2D eigenvalue weighted by Gasteiger charge is -2.11. The first-order chi connectivity index (χ1) is 10.0. The number of carboxylic acids is 1.